The van der Waals surface area contributed by atoms with E-state index in [0.29, 0.717) is 0 Å². The van der Waals surface area contributed by atoms with Crippen molar-refractivity contribution in [2.75, 3.05) is 19.6 Å². The third kappa shape index (κ3) is 14.2. The van der Waals surface area contributed by atoms with E-state index in [0.717, 1.165) is 34.1 Å². The molecule has 0 radical (unpaired) electrons. The lowest BCUT2D eigenvalue weighted by molar-refractivity contribution is 0.346. The van der Waals surface area contributed by atoms with Gasteiger partial charge in [0.05, 0.1) is 0 Å². The van der Waals surface area contributed by atoms with Crippen LogP contribution in [0.5, 0.6) is 0 Å². The topological polar surface area (TPSA) is 13.0 Å². The van der Waals surface area contributed by atoms with Gasteiger partial charge >= 0.3 is 0 Å². The van der Waals surface area contributed by atoms with Gasteiger partial charge in [-0.3, -0.25) is 0 Å². The first-order valence-corrected chi connectivity index (χ1v) is 33.2. The molecule has 0 atom stereocenters. The molecule has 93 heavy (non-hydrogen) atoms. The highest BCUT2D eigenvalue weighted by atomic mass is 15.2. The maximum atomic E-state index is 2.40. The van der Waals surface area contributed by atoms with Gasteiger partial charge in [0.25, 0.3) is 0 Å². The van der Waals surface area contributed by atoms with Crippen molar-refractivity contribution in [2.45, 2.75) is 112 Å². The first-order valence-electron chi connectivity index (χ1n) is 33.2. The average molecular weight is 1210 g/mol. The first kappa shape index (κ1) is 63.0. The van der Waals surface area contributed by atoms with Crippen LogP contribution < -0.4 is 19.6 Å². The summed E-state index contributed by atoms with van der Waals surface area (Å²) >= 11 is 0. The standard InChI is InChI=1S/C46H46N2.C43H42N2/c1-34-8-20-40(21-9-34)47(41-22-10-35(2)11-23-41)44-28-16-38(17-29-44)46(32-6-5-7-33-46)39-18-30-45(31-19-39)48(42-24-12-36(3)13-25-42)43-26-14-37(4)15-27-43;1-31-7-19-37(20-8-31)44(38-21-9-32(2)10-22-38)41-27-15-35(16-28-41)43(5,6)36-17-29-42(30-18-36)45(39-23-11-33(3)12-24-39)40-25-13-34(4)14-26-40/h8-31H,5-7,32-33H2,1-4H3;7-30H,1-6H3. The van der Waals surface area contributed by atoms with Gasteiger partial charge in [-0.2, -0.15) is 0 Å². The van der Waals surface area contributed by atoms with Crippen LogP contribution in [0.3, 0.4) is 0 Å². The van der Waals surface area contributed by atoms with Crippen LogP contribution in [0.1, 0.15) is 113 Å². The van der Waals surface area contributed by atoms with Crippen molar-refractivity contribution >= 4 is 68.2 Å². The highest BCUT2D eigenvalue weighted by Crippen LogP contribution is 2.48. The highest BCUT2D eigenvalue weighted by Gasteiger charge is 2.36. The van der Waals surface area contributed by atoms with Crippen LogP contribution in [0.2, 0.25) is 0 Å². The molecule has 0 aliphatic heterocycles. The normalized spacial score (nSPS) is 12.7. The fourth-order valence-corrected chi connectivity index (χ4v) is 13.3. The van der Waals surface area contributed by atoms with Crippen LogP contribution in [0.4, 0.5) is 68.2 Å². The van der Waals surface area contributed by atoms with Gasteiger partial charge in [0.15, 0.2) is 0 Å². The van der Waals surface area contributed by atoms with E-state index in [4.69, 9.17) is 0 Å². The van der Waals surface area contributed by atoms with Crippen LogP contribution >= 0.6 is 0 Å². The van der Waals surface area contributed by atoms with Gasteiger partial charge in [-0.05, 0) is 236 Å². The Morgan fingerprint density at radius 3 is 0.527 bits per heavy atom. The number of aryl methyl sites for hydroxylation is 8. The summed E-state index contributed by atoms with van der Waals surface area (Å²) in [5.74, 6) is 0. The fraction of sp³-hybridized carbons (Fsp3) is 0.191. The molecule has 0 aromatic heterocycles. The molecule has 0 amide bonds. The smallest absolute Gasteiger partial charge is 0.0461 e. The van der Waals surface area contributed by atoms with Crippen molar-refractivity contribution in [3.8, 4) is 0 Å². The molecule has 1 fully saturated rings. The van der Waals surface area contributed by atoms with Gasteiger partial charge in [-0.15, -0.1) is 0 Å². The second-order valence-corrected chi connectivity index (χ2v) is 26.5. The lowest BCUT2D eigenvalue weighted by atomic mass is 9.65. The van der Waals surface area contributed by atoms with E-state index in [1.54, 1.807) is 0 Å². The zero-order chi connectivity index (χ0) is 64.6. The summed E-state index contributed by atoms with van der Waals surface area (Å²) in [7, 11) is 0. The molecule has 12 aromatic rings. The third-order valence-corrected chi connectivity index (χ3v) is 19.1. The van der Waals surface area contributed by atoms with Gasteiger partial charge in [-0.1, -0.05) is 223 Å². The Labute approximate surface area is 554 Å². The summed E-state index contributed by atoms with van der Waals surface area (Å²) in [5.41, 5.74) is 29.3. The SMILES string of the molecule is Cc1ccc(N(c2ccc(C)cc2)c2ccc(C(C)(C)c3ccc(N(c4ccc(C)cc4)c4ccc(C)cc4)cc3)cc2)cc1.Cc1ccc(N(c2ccc(C)cc2)c2ccc(C3(c4ccc(N(c5ccc(C)cc5)c5ccc(C)cc5)cc4)CCCCC3)cc2)cc1. The van der Waals surface area contributed by atoms with Crippen molar-refractivity contribution in [1.82, 2.24) is 0 Å². The molecule has 464 valence electrons. The number of hydrogen-bond donors (Lipinski definition) is 0. The Bertz CT molecular complexity index is 3890. The molecule has 0 bridgehead atoms. The van der Waals surface area contributed by atoms with Gasteiger partial charge in [-0.25, -0.2) is 0 Å². The molecule has 0 unspecified atom stereocenters. The second-order valence-electron chi connectivity index (χ2n) is 26.5. The zero-order valence-corrected chi connectivity index (χ0v) is 56.0. The summed E-state index contributed by atoms with van der Waals surface area (Å²) in [4.78, 5) is 9.40. The molecule has 4 nitrogen and oxygen atoms in total. The molecule has 1 saturated carbocycles. The van der Waals surface area contributed by atoms with Crippen molar-refractivity contribution in [1.29, 1.82) is 0 Å². The van der Waals surface area contributed by atoms with Gasteiger partial charge in [0.1, 0.15) is 0 Å². The van der Waals surface area contributed by atoms with E-state index < -0.39 is 0 Å². The molecule has 4 heteroatoms. The molecule has 1 aliphatic rings. The predicted molar refractivity (Wildman–Crippen MR) is 398 cm³/mol. The van der Waals surface area contributed by atoms with Crippen molar-refractivity contribution in [3.05, 3.63) is 358 Å². The largest absolute Gasteiger partial charge is 0.311 e. The summed E-state index contributed by atoms with van der Waals surface area (Å²) in [6.07, 6.45) is 6.15. The van der Waals surface area contributed by atoms with Gasteiger partial charge < -0.3 is 19.6 Å². The molecule has 0 N–H and O–H groups in total. The lowest BCUT2D eigenvalue weighted by Crippen LogP contribution is -2.30. The summed E-state index contributed by atoms with van der Waals surface area (Å²) in [6, 6.07) is 107. The van der Waals surface area contributed by atoms with Gasteiger partial charge in [0.2, 0.25) is 0 Å². The van der Waals surface area contributed by atoms with E-state index in [9.17, 15) is 0 Å². The minimum absolute atomic E-state index is 0.00636. The molecule has 13 rings (SSSR count). The van der Waals surface area contributed by atoms with Crippen molar-refractivity contribution < 1.29 is 0 Å². The second kappa shape index (κ2) is 27.7. The Morgan fingerprint density at radius 2 is 0.355 bits per heavy atom. The average Bonchev–Trinajstić information content (AvgIpc) is 0.848. The lowest BCUT2D eigenvalue weighted by Gasteiger charge is -2.39. The molecular weight excluding hydrogens is 1130 g/mol. The quantitative estimate of drug-likeness (QED) is 0.0956. The number of nitrogens with zero attached hydrogens (tertiary/aromatic N) is 4. The molecule has 0 saturated heterocycles. The Kier molecular flexibility index (Phi) is 18.8. The number of hydrogen-bond acceptors (Lipinski definition) is 4. The van der Waals surface area contributed by atoms with Crippen LogP contribution in [-0.4, -0.2) is 0 Å². The first-order chi connectivity index (χ1) is 45.1. The Hall–Kier alpha value is -10.2. The van der Waals surface area contributed by atoms with E-state index in [-0.39, 0.29) is 10.8 Å². The minimum atomic E-state index is -0.172. The molecule has 12 aromatic carbocycles. The van der Waals surface area contributed by atoms with Crippen LogP contribution in [0.25, 0.3) is 0 Å². The van der Waals surface area contributed by atoms with Crippen LogP contribution in [-0.2, 0) is 10.8 Å². The molecule has 1 aliphatic carbocycles. The predicted octanol–water partition coefficient (Wildman–Crippen LogP) is 25.3. The van der Waals surface area contributed by atoms with Crippen molar-refractivity contribution in [3.63, 3.8) is 0 Å². The Balaban J connectivity index is 0.000000179. The number of benzene rings is 12. The third-order valence-electron chi connectivity index (χ3n) is 19.1. The highest BCUT2D eigenvalue weighted by molar-refractivity contribution is 5.81. The maximum absolute atomic E-state index is 2.40. The minimum Gasteiger partial charge on any atom is -0.311 e. The van der Waals surface area contributed by atoms with Crippen LogP contribution in [0, 0.1) is 55.4 Å². The molecule has 0 spiro atoms. The van der Waals surface area contributed by atoms with Crippen molar-refractivity contribution in [2.24, 2.45) is 0 Å². The number of rotatable bonds is 16. The summed E-state index contributed by atoms with van der Waals surface area (Å²) < 4.78 is 0. The summed E-state index contributed by atoms with van der Waals surface area (Å²) in [5, 5.41) is 0. The molecule has 0 heterocycles. The monoisotopic (exact) mass is 1210 g/mol. The molecular formula is C89H88N4. The zero-order valence-electron chi connectivity index (χ0n) is 56.0. The van der Waals surface area contributed by atoms with E-state index >= 15 is 0 Å². The van der Waals surface area contributed by atoms with E-state index in [1.165, 1.54) is 133 Å². The maximum Gasteiger partial charge on any atom is 0.0461 e. The number of anilines is 12. The Morgan fingerprint density at radius 1 is 0.204 bits per heavy atom. The summed E-state index contributed by atoms with van der Waals surface area (Å²) in [6.45, 7) is 21.7. The van der Waals surface area contributed by atoms with E-state index in [1.807, 2.05) is 0 Å². The van der Waals surface area contributed by atoms with Crippen LogP contribution in [0.15, 0.2) is 291 Å². The van der Waals surface area contributed by atoms with Gasteiger partial charge in [0, 0.05) is 79.1 Å². The fourth-order valence-electron chi connectivity index (χ4n) is 13.3. The van der Waals surface area contributed by atoms with E-state index in [2.05, 4.69) is 380 Å².